The Hall–Kier alpha value is -2.55. The molecule has 3 aromatic rings. The molecule has 0 bridgehead atoms. The normalized spacial score (nSPS) is 13.8. The second-order valence-corrected chi connectivity index (χ2v) is 9.93. The summed E-state index contributed by atoms with van der Waals surface area (Å²) >= 11 is 24.3. The average molecular weight is 564 g/mol. The zero-order valence-corrected chi connectivity index (χ0v) is 22.6. The summed E-state index contributed by atoms with van der Waals surface area (Å²) in [5, 5.41) is 7.62. The molecule has 0 aliphatic carbocycles. The topological polar surface area (TPSA) is 56.8 Å². The molecule has 1 saturated heterocycles. The van der Waals surface area contributed by atoms with E-state index in [2.05, 4.69) is 26.5 Å². The van der Waals surface area contributed by atoms with Crippen molar-refractivity contribution in [1.82, 2.24) is 10.2 Å². The van der Waals surface area contributed by atoms with E-state index in [0.717, 1.165) is 49.0 Å². The number of carbonyl (C=O) groups is 1. The summed E-state index contributed by atoms with van der Waals surface area (Å²) in [6, 6.07) is 18.4. The number of ether oxygens (including phenoxy) is 1. The number of methoxy groups -OCH3 is 1. The van der Waals surface area contributed by atoms with E-state index in [1.54, 1.807) is 18.2 Å². The van der Waals surface area contributed by atoms with Crippen LogP contribution in [0.3, 0.4) is 0 Å². The lowest BCUT2D eigenvalue weighted by Crippen LogP contribution is -2.46. The van der Waals surface area contributed by atoms with E-state index in [1.807, 2.05) is 30.3 Å². The van der Waals surface area contributed by atoms with Crippen molar-refractivity contribution in [3.05, 3.63) is 86.9 Å². The van der Waals surface area contributed by atoms with E-state index in [1.165, 1.54) is 13.2 Å². The number of carbonyl (C=O) groups excluding carboxylic acids is 1. The molecular formula is C26H25Cl3N4O2S. The van der Waals surface area contributed by atoms with E-state index in [-0.39, 0.29) is 10.7 Å². The largest absolute Gasteiger partial charge is 0.496 e. The molecule has 1 heterocycles. The Morgan fingerprint density at radius 1 is 0.972 bits per heavy atom. The van der Waals surface area contributed by atoms with E-state index in [0.29, 0.717) is 21.5 Å². The number of piperazine rings is 1. The van der Waals surface area contributed by atoms with E-state index in [4.69, 9.17) is 51.8 Å². The van der Waals surface area contributed by atoms with E-state index >= 15 is 0 Å². The molecule has 36 heavy (non-hydrogen) atoms. The van der Waals surface area contributed by atoms with Gasteiger partial charge in [-0.2, -0.15) is 0 Å². The van der Waals surface area contributed by atoms with Gasteiger partial charge in [-0.05, 0) is 60.2 Å². The fourth-order valence-electron chi connectivity index (χ4n) is 4.05. The van der Waals surface area contributed by atoms with Gasteiger partial charge in [-0.25, -0.2) is 0 Å². The summed E-state index contributed by atoms with van der Waals surface area (Å²) in [5.74, 6) is -0.0247. The number of hydrogen-bond donors (Lipinski definition) is 2. The summed E-state index contributed by atoms with van der Waals surface area (Å²) < 4.78 is 5.24. The van der Waals surface area contributed by atoms with Crippen molar-refractivity contribution in [2.24, 2.45) is 0 Å². The van der Waals surface area contributed by atoms with Crippen molar-refractivity contribution >= 4 is 69.4 Å². The van der Waals surface area contributed by atoms with Gasteiger partial charge >= 0.3 is 0 Å². The number of amides is 1. The highest BCUT2D eigenvalue weighted by Gasteiger charge is 2.20. The number of rotatable bonds is 6. The van der Waals surface area contributed by atoms with E-state index < -0.39 is 5.91 Å². The summed E-state index contributed by atoms with van der Waals surface area (Å²) in [6.45, 7) is 4.35. The molecule has 0 unspecified atom stereocenters. The van der Waals surface area contributed by atoms with Crippen LogP contribution >= 0.6 is 47.0 Å². The third-order valence-corrected chi connectivity index (χ3v) is 7.01. The Kier molecular flexibility index (Phi) is 8.93. The van der Waals surface area contributed by atoms with Crippen LogP contribution in [-0.4, -0.2) is 49.2 Å². The number of halogens is 3. The number of thiocarbonyl (C=S) groups is 1. The van der Waals surface area contributed by atoms with Gasteiger partial charge in [0.25, 0.3) is 5.91 Å². The molecule has 1 fully saturated rings. The SMILES string of the molecule is COc1ccc(Cl)cc1C(=O)NC(=S)Nc1ccc(N2CCN(Cc3ccccc3Cl)CC2)c(Cl)c1. The molecular weight excluding hydrogens is 539 g/mol. The lowest BCUT2D eigenvalue weighted by Gasteiger charge is -2.36. The van der Waals surface area contributed by atoms with Crippen molar-refractivity contribution in [1.29, 1.82) is 0 Å². The van der Waals surface area contributed by atoms with Gasteiger partial charge in [0, 0.05) is 48.5 Å². The van der Waals surface area contributed by atoms with Crippen molar-refractivity contribution in [2.75, 3.05) is 43.5 Å². The predicted molar refractivity (Wildman–Crippen MR) is 152 cm³/mol. The first-order valence-corrected chi connectivity index (χ1v) is 12.8. The predicted octanol–water partition coefficient (Wildman–Crippen LogP) is 6.10. The van der Waals surface area contributed by atoms with Gasteiger partial charge in [0.2, 0.25) is 0 Å². The number of hydrogen-bond acceptors (Lipinski definition) is 5. The van der Waals surface area contributed by atoms with Crippen LogP contribution in [0.4, 0.5) is 11.4 Å². The molecule has 3 aromatic carbocycles. The molecule has 2 N–H and O–H groups in total. The van der Waals surface area contributed by atoms with E-state index in [9.17, 15) is 4.79 Å². The van der Waals surface area contributed by atoms with Crippen LogP contribution in [0.25, 0.3) is 0 Å². The van der Waals surface area contributed by atoms with Crippen molar-refractivity contribution in [3.8, 4) is 5.75 Å². The first kappa shape index (κ1) is 26.5. The van der Waals surface area contributed by atoms with Gasteiger partial charge in [-0.1, -0.05) is 53.0 Å². The van der Waals surface area contributed by atoms with Gasteiger partial charge < -0.3 is 15.0 Å². The Morgan fingerprint density at radius 3 is 2.42 bits per heavy atom. The maximum atomic E-state index is 12.6. The Balaban J connectivity index is 1.33. The highest BCUT2D eigenvalue weighted by molar-refractivity contribution is 7.80. The summed E-state index contributed by atoms with van der Waals surface area (Å²) in [4.78, 5) is 17.3. The molecule has 1 amide bonds. The molecule has 0 aromatic heterocycles. The molecule has 6 nitrogen and oxygen atoms in total. The molecule has 188 valence electrons. The van der Waals surface area contributed by atoms with Crippen LogP contribution in [0.5, 0.6) is 5.75 Å². The summed E-state index contributed by atoms with van der Waals surface area (Å²) in [5.41, 5.74) is 3.05. The second kappa shape index (κ2) is 12.1. The minimum absolute atomic E-state index is 0.138. The monoisotopic (exact) mass is 562 g/mol. The van der Waals surface area contributed by atoms with Gasteiger partial charge in [0.1, 0.15) is 5.75 Å². The molecule has 10 heteroatoms. The van der Waals surface area contributed by atoms with Crippen LogP contribution in [0.15, 0.2) is 60.7 Å². The maximum absolute atomic E-state index is 12.6. The number of benzene rings is 3. The Morgan fingerprint density at radius 2 is 1.72 bits per heavy atom. The van der Waals surface area contributed by atoms with Gasteiger partial charge in [0.05, 0.1) is 23.4 Å². The lowest BCUT2D eigenvalue weighted by molar-refractivity contribution is 0.0975. The molecule has 0 spiro atoms. The molecule has 0 saturated carbocycles. The Labute approximate surface area is 231 Å². The zero-order valence-electron chi connectivity index (χ0n) is 19.6. The lowest BCUT2D eigenvalue weighted by atomic mass is 10.2. The van der Waals surface area contributed by atoms with Crippen LogP contribution in [0, 0.1) is 0 Å². The van der Waals surface area contributed by atoms with Crippen molar-refractivity contribution in [2.45, 2.75) is 6.54 Å². The number of nitrogens with one attached hydrogen (secondary N) is 2. The minimum Gasteiger partial charge on any atom is -0.496 e. The molecule has 4 rings (SSSR count). The third kappa shape index (κ3) is 6.60. The fraction of sp³-hybridized carbons (Fsp3) is 0.231. The molecule has 1 aliphatic heterocycles. The first-order valence-electron chi connectivity index (χ1n) is 11.3. The number of anilines is 2. The smallest absolute Gasteiger partial charge is 0.261 e. The minimum atomic E-state index is -0.427. The second-order valence-electron chi connectivity index (χ2n) is 8.27. The summed E-state index contributed by atoms with van der Waals surface area (Å²) in [7, 11) is 1.49. The number of nitrogens with zero attached hydrogens (tertiary/aromatic N) is 2. The van der Waals surface area contributed by atoms with Crippen LogP contribution in [0.2, 0.25) is 15.1 Å². The third-order valence-electron chi connectivity index (χ3n) is 5.90. The van der Waals surface area contributed by atoms with Gasteiger partial charge in [-0.3, -0.25) is 15.0 Å². The zero-order chi connectivity index (χ0) is 25.7. The molecule has 0 atom stereocenters. The standard InChI is InChI=1S/C26H25Cl3N4O2S/c1-35-24-9-6-18(27)14-20(24)25(34)31-26(36)30-19-7-8-23(22(29)15-19)33-12-10-32(11-13-33)16-17-4-2-3-5-21(17)28/h2-9,14-15H,10-13,16H2,1H3,(H2,30,31,34,36). The van der Waals surface area contributed by atoms with Crippen LogP contribution < -0.4 is 20.3 Å². The first-order chi connectivity index (χ1) is 17.3. The quantitative estimate of drug-likeness (QED) is 0.353. The van der Waals surface area contributed by atoms with Gasteiger partial charge in [0.15, 0.2) is 5.11 Å². The van der Waals surface area contributed by atoms with Crippen LogP contribution in [-0.2, 0) is 6.54 Å². The van der Waals surface area contributed by atoms with Crippen molar-refractivity contribution in [3.63, 3.8) is 0 Å². The van der Waals surface area contributed by atoms with Gasteiger partial charge in [-0.15, -0.1) is 0 Å². The van der Waals surface area contributed by atoms with Crippen LogP contribution in [0.1, 0.15) is 15.9 Å². The average Bonchev–Trinajstić information content (AvgIpc) is 2.86. The molecule has 0 radical (unpaired) electrons. The Bertz CT molecular complexity index is 1270. The maximum Gasteiger partial charge on any atom is 0.261 e. The molecule has 1 aliphatic rings. The highest BCUT2D eigenvalue weighted by Crippen LogP contribution is 2.30. The highest BCUT2D eigenvalue weighted by atomic mass is 35.5. The fourth-order valence-corrected chi connectivity index (χ4v) is 4.92. The summed E-state index contributed by atoms with van der Waals surface area (Å²) in [6.07, 6.45) is 0. The van der Waals surface area contributed by atoms with Crippen molar-refractivity contribution < 1.29 is 9.53 Å².